The van der Waals surface area contributed by atoms with Gasteiger partial charge in [-0.3, -0.25) is 4.90 Å². The predicted octanol–water partition coefficient (Wildman–Crippen LogP) is 2.67. The molecule has 84 valence electrons. The summed E-state index contributed by atoms with van der Waals surface area (Å²) < 4.78 is 5.75. The Kier molecular flexibility index (Phi) is 4.90. The van der Waals surface area contributed by atoms with Crippen LogP contribution in [0.25, 0.3) is 0 Å². The third kappa shape index (κ3) is 3.25. The van der Waals surface area contributed by atoms with Crippen molar-refractivity contribution in [3.63, 3.8) is 0 Å². The van der Waals surface area contributed by atoms with Gasteiger partial charge in [-0.05, 0) is 26.7 Å². The average molecular weight is 199 g/mol. The highest BCUT2D eigenvalue weighted by molar-refractivity contribution is 4.78. The molecule has 1 aliphatic rings. The van der Waals surface area contributed by atoms with Gasteiger partial charge < -0.3 is 4.74 Å². The van der Waals surface area contributed by atoms with Gasteiger partial charge in [0.2, 0.25) is 0 Å². The third-order valence-corrected chi connectivity index (χ3v) is 3.06. The van der Waals surface area contributed by atoms with Crippen LogP contribution in [0.1, 0.15) is 47.0 Å². The lowest BCUT2D eigenvalue weighted by Gasteiger charge is -2.40. The minimum absolute atomic E-state index is 0.407. The van der Waals surface area contributed by atoms with Crippen LogP contribution in [0.3, 0.4) is 0 Å². The maximum Gasteiger partial charge on any atom is 0.0678 e. The van der Waals surface area contributed by atoms with Gasteiger partial charge in [0.15, 0.2) is 0 Å². The predicted molar refractivity (Wildman–Crippen MR) is 60.6 cm³/mol. The summed E-state index contributed by atoms with van der Waals surface area (Å²) in [4.78, 5) is 2.61. The summed E-state index contributed by atoms with van der Waals surface area (Å²) in [7, 11) is 0. The minimum Gasteiger partial charge on any atom is -0.373 e. The van der Waals surface area contributed by atoms with E-state index in [-0.39, 0.29) is 0 Å². The summed E-state index contributed by atoms with van der Waals surface area (Å²) in [5, 5.41) is 0. The van der Waals surface area contributed by atoms with Crippen LogP contribution >= 0.6 is 0 Å². The first-order chi connectivity index (χ1) is 6.67. The molecule has 1 aliphatic heterocycles. The van der Waals surface area contributed by atoms with Crippen LogP contribution < -0.4 is 0 Å². The Morgan fingerprint density at radius 3 is 2.21 bits per heavy atom. The summed E-state index contributed by atoms with van der Waals surface area (Å²) in [6.07, 6.45) is 4.70. The van der Waals surface area contributed by atoms with E-state index in [9.17, 15) is 0 Å². The largest absolute Gasteiger partial charge is 0.373 e. The summed E-state index contributed by atoms with van der Waals surface area (Å²) >= 11 is 0. The molecule has 3 unspecified atom stereocenters. The van der Waals surface area contributed by atoms with Crippen molar-refractivity contribution >= 4 is 0 Å². The highest BCUT2D eigenvalue weighted by Gasteiger charge is 2.26. The highest BCUT2D eigenvalue weighted by atomic mass is 16.5. The van der Waals surface area contributed by atoms with Crippen molar-refractivity contribution in [2.24, 2.45) is 0 Å². The topological polar surface area (TPSA) is 12.5 Å². The lowest BCUT2D eigenvalue weighted by Crippen LogP contribution is -2.49. The van der Waals surface area contributed by atoms with E-state index in [0.717, 1.165) is 19.1 Å². The van der Waals surface area contributed by atoms with Crippen LogP contribution in [0.15, 0.2) is 0 Å². The number of rotatable bonds is 4. The number of hydrogen-bond acceptors (Lipinski definition) is 2. The van der Waals surface area contributed by atoms with Crippen molar-refractivity contribution in [2.75, 3.05) is 13.1 Å². The smallest absolute Gasteiger partial charge is 0.0678 e. The van der Waals surface area contributed by atoms with Gasteiger partial charge in [0, 0.05) is 19.1 Å². The standard InChI is InChI=1S/C12H25NO/c1-5-7-12(6-2)13-8-10(3)14-11(4)9-13/h10-12H,5-9H2,1-4H3. The Morgan fingerprint density at radius 2 is 1.79 bits per heavy atom. The van der Waals surface area contributed by atoms with Crippen molar-refractivity contribution in [1.29, 1.82) is 0 Å². The normalized spacial score (nSPS) is 31.7. The van der Waals surface area contributed by atoms with E-state index in [4.69, 9.17) is 4.74 Å². The Bertz CT molecular complexity index is 150. The zero-order chi connectivity index (χ0) is 10.6. The van der Waals surface area contributed by atoms with Crippen LogP contribution in [0.2, 0.25) is 0 Å². The Balaban J connectivity index is 2.47. The quantitative estimate of drug-likeness (QED) is 0.690. The van der Waals surface area contributed by atoms with Gasteiger partial charge in [-0.25, -0.2) is 0 Å². The fraction of sp³-hybridized carbons (Fsp3) is 1.00. The Morgan fingerprint density at radius 1 is 1.21 bits per heavy atom. The van der Waals surface area contributed by atoms with Gasteiger partial charge >= 0.3 is 0 Å². The maximum absolute atomic E-state index is 5.75. The monoisotopic (exact) mass is 199 g/mol. The van der Waals surface area contributed by atoms with Crippen molar-refractivity contribution in [3.8, 4) is 0 Å². The van der Waals surface area contributed by atoms with Crippen LogP contribution in [0.4, 0.5) is 0 Å². The van der Waals surface area contributed by atoms with Crippen molar-refractivity contribution in [2.45, 2.75) is 65.2 Å². The molecule has 3 atom stereocenters. The first-order valence-corrected chi connectivity index (χ1v) is 6.06. The number of hydrogen-bond donors (Lipinski definition) is 0. The molecule has 0 aromatic heterocycles. The molecule has 0 spiro atoms. The van der Waals surface area contributed by atoms with E-state index in [2.05, 4.69) is 32.6 Å². The highest BCUT2D eigenvalue weighted by Crippen LogP contribution is 2.18. The first kappa shape index (κ1) is 12.0. The Labute approximate surface area is 88.6 Å². The molecule has 0 aromatic rings. The number of nitrogens with zero attached hydrogens (tertiary/aromatic N) is 1. The maximum atomic E-state index is 5.75. The molecule has 1 heterocycles. The third-order valence-electron chi connectivity index (χ3n) is 3.06. The second-order valence-electron chi connectivity index (χ2n) is 4.56. The molecule has 0 bridgehead atoms. The van der Waals surface area contributed by atoms with E-state index in [1.54, 1.807) is 0 Å². The molecule has 0 aromatic carbocycles. The van der Waals surface area contributed by atoms with Crippen molar-refractivity contribution in [3.05, 3.63) is 0 Å². The lowest BCUT2D eigenvalue weighted by molar-refractivity contribution is -0.0816. The summed E-state index contributed by atoms with van der Waals surface area (Å²) in [5.74, 6) is 0. The molecule has 1 saturated heterocycles. The molecule has 0 amide bonds. The summed E-state index contributed by atoms with van der Waals surface area (Å²) in [5.41, 5.74) is 0. The number of morpholine rings is 1. The second kappa shape index (κ2) is 5.72. The lowest BCUT2D eigenvalue weighted by atomic mass is 10.1. The van der Waals surface area contributed by atoms with Crippen LogP contribution in [0, 0.1) is 0 Å². The molecule has 1 fully saturated rings. The number of ether oxygens (including phenoxy) is 1. The Hall–Kier alpha value is -0.0800. The van der Waals surface area contributed by atoms with Gasteiger partial charge in [-0.15, -0.1) is 0 Å². The molecule has 2 nitrogen and oxygen atoms in total. The van der Waals surface area contributed by atoms with Crippen LogP contribution in [-0.4, -0.2) is 36.2 Å². The molecule has 0 N–H and O–H groups in total. The summed E-state index contributed by atoms with van der Waals surface area (Å²) in [6, 6.07) is 0.772. The second-order valence-corrected chi connectivity index (χ2v) is 4.56. The molecule has 14 heavy (non-hydrogen) atoms. The van der Waals surface area contributed by atoms with E-state index in [1.807, 2.05) is 0 Å². The zero-order valence-electron chi connectivity index (χ0n) is 10.1. The minimum atomic E-state index is 0.407. The molecule has 0 saturated carbocycles. The fourth-order valence-corrected chi connectivity index (χ4v) is 2.49. The summed E-state index contributed by atoms with van der Waals surface area (Å²) in [6.45, 7) is 11.2. The molecular formula is C12H25NO. The SMILES string of the molecule is CCCC(CC)N1CC(C)OC(C)C1. The average Bonchev–Trinajstić information content (AvgIpc) is 2.12. The fourth-order valence-electron chi connectivity index (χ4n) is 2.49. The van der Waals surface area contributed by atoms with Gasteiger partial charge in [0.05, 0.1) is 12.2 Å². The van der Waals surface area contributed by atoms with Gasteiger partial charge in [-0.1, -0.05) is 20.3 Å². The molecule has 0 radical (unpaired) electrons. The van der Waals surface area contributed by atoms with Crippen LogP contribution in [-0.2, 0) is 4.74 Å². The van der Waals surface area contributed by atoms with Crippen molar-refractivity contribution < 1.29 is 4.74 Å². The molecule has 0 aliphatic carbocycles. The van der Waals surface area contributed by atoms with Crippen LogP contribution in [0.5, 0.6) is 0 Å². The van der Waals surface area contributed by atoms with Gasteiger partial charge in [0.1, 0.15) is 0 Å². The van der Waals surface area contributed by atoms with E-state index in [0.29, 0.717) is 12.2 Å². The first-order valence-electron chi connectivity index (χ1n) is 6.06. The van der Waals surface area contributed by atoms with Gasteiger partial charge in [0.25, 0.3) is 0 Å². The molecular weight excluding hydrogens is 174 g/mol. The molecule has 2 heteroatoms. The van der Waals surface area contributed by atoms with Gasteiger partial charge in [-0.2, -0.15) is 0 Å². The van der Waals surface area contributed by atoms with E-state index < -0.39 is 0 Å². The zero-order valence-corrected chi connectivity index (χ0v) is 10.1. The molecule has 1 rings (SSSR count). The van der Waals surface area contributed by atoms with Crippen molar-refractivity contribution in [1.82, 2.24) is 4.90 Å². The van der Waals surface area contributed by atoms with E-state index >= 15 is 0 Å². The van der Waals surface area contributed by atoms with E-state index in [1.165, 1.54) is 19.3 Å².